The Balaban J connectivity index is 1.85. The molecule has 0 atom stereocenters. The summed E-state index contributed by atoms with van der Waals surface area (Å²) in [4.78, 5) is 41.3. The maximum Gasteiger partial charge on any atom is 0.332 e. The van der Waals surface area contributed by atoms with E-state index in [-0.39, 0.29) is 11.5 Å². The van der Waals surface area contributed by atoms with E-state index < -0.39 is 11.2 Å². The molecule has 2 heterocycles. The topological polar surface area (TPSA) is 88.1 Å². The van der Waals surface area contributed by atoms with Crippen LogP contribution in [0, 0.1) is 0 Å². The Bertz CT molecular complexity index is 1130. The minimum Gasteiger partial charge on any atom is -0.494 e. The van der Waals surface area contributed by atoms with Crippen molar-refractivity contribution < 1.29 is 9.53 Å². The van der Waals surface area contributed by atoms with Crippen LogP contribution < -0.4 is 16.0 Å². The number of aromatic nitrogens is 4. The van der Waals surface area contributed by atoms with E-state index in [0.717, 1.165) is 4.57 Å². The zero-order valence-electron chi connectivity index (χ0n) is 15.6. The SMILES string of the molecule is CCOc1ccc(C(=O)CSc2nc3c(c(=O)n(C)c(=O)n3C)n2C)cc1. The standard InChI is InChI=1S/C18H20N4O4S/c1-5-26-12-8-6-11(7-9-12)13(23)10-27-17-19-15-14(20(17)2)16(24)22(4)18(25)21(15)3/h6-9H,5,10H2,1-4H3. The molecule has 142 valence electrons. The van der Waals surface area contributed by atoms with Gasteiger partial charge in [-0.2, -0.15) is 0 Å². The Labute approximate surface area is 159 Å². The molecule has 27 heavy (non-hydrogen) atoms. The van der Waals surface area contributed by atoms with E-state index in [1.807, 2.05) is 6.92 Å². The number of ether oxygens (including phenoxy) is 1. The average molecular weight is 388 g/mol. The molecule has 9 heteroatoms. The number of imidazole rings is 1. The summed E-state index contributed by atoms with van der Waals surface area (Å²) in [6, 6.07) is 6.97. The summed E-state index contributed by atoms with van der Waals surface area (Å²) in [5, 5.41) is 0.502. The van der Waals surface area contributed by atoms with Gasteiger partial charge in [-0.05, 0) is 31.2 Å². The second-order valence-corrected chi connectivity index (χ2v) is 6.94. The van der Waals surface area contributed by atoms with Crippen molar-refractivity contribution in [1.29, 1.82) is 0 Å². The Hall–Kier alpha value is -2.81. The minimum atomic E-state index is -0.437. The van der Waals surface area contributed by atoms with Gasteiger partial charge in [-0.3, -0.25) is 18.7 Å². The number of benzene rings is 1. The van der Waals surface area contributed by atoms with Crippen LogP contribution in [0.5, 0.6) is 5.75 Å². The molecular formula is C18H20N4O4S. The molecule has 0 unspecified atom stereocenters. The highest BCUT2D eigenvalue weighted by Crippen LogP contribution is 2.22. The number of aryl methyl sites for hydroxylation is 2. The largest absolute Gasteiger partial charge is 0.494 e. The molecule has 0 spiro atoms. The summed E-state index contributed by atoms with van der Waals surface area (Å²) in [6.07, 6.45) is 0. The molecule has 0 N–H and O–H groups in total. The normalized spacial score (nSPS) is 11.1. The van der Waals surface area contributed by atoms with E-state index in [1.165, 1.54) is 23.4 Å². The van der Waals surface area contributed by atoms with E-state index in [1.54, 1.807) is 42.9 Å². The van der Waals surface area contributed by atoms with Crippen LogP contribution in [0.1, 0.15) is 17.3 Å². The highest BCUT2D eigenvalue weighted by atomic mass is 32.2. The monoisotopic (exact) mass is 388 g/mol. The lowest BCUT2D eigenvalue weighted by Crippen LogP contribution is -2.37. The van der Waals surface area contributed by atoms with Gasteiger partial charge >= 0.3 is 5.69 Å². The molecule has 0 amide bonds. The Morgan fingerprint density at radius 2 is 1.74 bits per heavy atom. The summed E-state index contributed by atoms with van der Waals surface area (Å²) in [5.74, 6) is 0.824. The Morgan fingerprint density at radius 3 is 2.37 bits per heavy atom. The third-order valence-electron chi connectivity index (χ3n) is 4.25. The number of nitrogens with zero attached hydrogens (tertiary/aromatic N) is 4. The first kappa shape index (κ1) is 19.0. The van der Waals surface area contributed by atoms with Crippen molar-refractivity contribution in [1.82, 2.24) is 18.7 Å². The smallest absolute Gasteiger partial charge is 0.332 e. The van der Waals surface area contributed by atoms with Gasteiger partial charge in [0.1, 0.15) is 5.75 Å². The van der Waals surface area contributed by atoms with Gasteiger partial charge in [0.15, 0.2) is 22.1 Å². The van der Waals surface area contributed by atoms with Gasteiger partial charge in [0.05, 0.1) is 12.4 Å². The fraction of sp³-hybridized carbons (Fsp3) is 0.333. The van der Waals surface area contributed by atoms with Crippen LogP contribution in [0.15, 0.2) is 39.0 Å². The molecule has 0 saturated heterocycles. The van der Waals surface area contributed by atoms with Gasteiger partial charge in [-0.1, -0.05) is 11.8 Å². The van der Waals surface area contributed by atoms with Crippen molar-refractivity contribution in [3.05, 3.63) is 50.7 Å². The van der Waals surface area contributed by atoms with Crippen molar-refractivity contribution in [3.63, 3.8) is 0 Å². The highest BCUT2D eigenvalue weighted by Gasteiger charge is 2.18. The second-order valence-electron chi connectivity index (χ2n) is 6.00. The van der Waals surface area contributed by atoms with Crippen LogP contribution in [-0.2, 0) is 21.1 Å². The molecule has 3 rings (SSSR count). The lowest BCUT2D eigenvalue weighted by molar-refractivity contribution is 0.102. The van der Waals surface area contributed by atoms with E-state index in [4.69, 9.17) is 4.74 Å². The summed E-state index contributed by atoms with van der Waals surface area (Å²) in [7, 11) is 4.70. The van der Waals surface area contributed by atoms with Gasteiger partial charge in [0.25, 0.3) is 5.56 Å². The molecule has 2 aromatic heterocycles. The van der Waals surface area contributed by atoms with Crippen molar-refractivity contribution in [2.45, 2.75) is 12.1 Å². The highest BCUT2D eigenvalue weighted by molar-refractivity contribution is 7.99. The molecule has 0 radical (unpaired) electrons. The Morgan fingerprint density at radius 1 is 1.07 bits per heavy atom. The van der Waals surface area contributed by atoms with Gasteiger partial charge in [-0.15, -0.1) is 0 Å². The zero-order chi connectivity index (χ0) is 19.7. The fourth-order valence-electron chi connectivity index (χ4n) is 2.74. The van der Waals surface area contributed by atoms with E-state index >= 15 is 0 Å². The zero-order valence-corrected chi connectivity index (χ0v) is 16.4. The average Bonchev–Trinajstić information content (AvgIpc) is 3.00. The molecule has 0 aliphatic carbocycles. The van der Waals surface area contributed by atoms with Crippen LogP contribution in [0.25, 0.3) is 11.2 Å². The third kappa shape index (κ3) is 3.42. The van der Waals surface area contributed by atoms with Crippen molar-refractivity contribution in [3.8, 4) is 5.75 Å². The first-order valence-corrected chi connectivity index (χ1v) is 9.35. The molecule has 0 fully saturated rings. The lowest BCUT2D eigenvalue weighted by atomic mass is 10.1. The predicted molar refractivity (Wildman–Crippen MR) is 104 cm³/mol. The van der Waals surface area contributed by atoms with E-state index in [9.17, 15) is 14.4 Å². The predicted octanol–water partition coefficient (Wildman–Crippen LogP) is 1.34. The van der Waals surface area contributed by atoms with Gasteiger partial charge in [0, 0.05) is 26.7 Å². The summed E-state index contributed by atoms with van der Waals surface area (Å²) in [5.41, 5.74) is 0.366. The fourth-order valence-corrected chi connectivity index (χ4v) is 3.61. The molecule has 0 saturated carbocycles. The van der Waals surface area contributed by atoms with Gasteiger partial charge < -0.3 is 9.30 Å². The van der Waals surface area contributed by atoms with Crippen LogP contribution in [0.3, 0.4) is 0 Å². The van der Waals surface area contributed by atoms with Crippen molar-refractivity contribution in [2.75, 3.05) is 12.4 Å². The molecule has 1 aromatic carbocycles. The summed E-state index contributed by atoms with van der Waals surface area (Å²) >= 11 is 1.23. The molecule has 0 bridgehead atoms. The number of fused-ring (bicyclic) bond motifs is 1. The number of carbonyl (C=O) groups is 1. The third-order valence-corrected chi connectivity index (χ3v) is 5.28. The first-order chi connectivity index (χ1) is 12.8. The second kappa shape index (κ2) is 7.43. The minimum absolute atomic E-state index is 0.0584. The summed E-state index contributed by atoms with van der Waals surface area (Å²) in [6.45, 7) is 2.47. The molecule has 0 aliphatic heterocycles. The van der Waals surface area contributed by atoms with Crippen molar-refractivity contribution in [2.24, 2.45) is 21.1 Å². The maximum absolute atomic E-state index is 12.4. The van der Waals surface area contributed by atoms with Crippen LogP contribution >= 0.6 is 11.8 Å². The van der Waals surface area contributed by atoms with E-state index in [0.29, 0.717) is 34.2 Å². The molecule has 0 aliphatic rings. The number of carbonyl (C=O) groups excluding carboxylic acids is 1. The van der Waals surface area contributed by atoms with Crippen molar-refractivity contribution >= 4 is 28.7 Å². The van der Waals surface area contributed by atoms with Crippen LogP contribution in [-0.4, -0.2) is 36.8 Å². The van der Waals surface area contributed by atoms with Crippen LogP contribution in [0.2, 0.25) is 0 Å². The van der Waals surface area contributed by atoms with Crippen LogP contribution in [0.4, 0.5) is 0 Å². The number of ketones is 1. The van der Waals surface area contributed by atoms with Gasteiger partial charge in [-0.25, -0.2) is 9.78 Å². The molecule has 3 aromatic rings. The number of hydrogen-bond acceptors (Lipinski definition) is 6. The number of Topliss-reactive ketones (excluding diaryl/α,β-unsaturated/α-hetero) is 1. The first-order valence-electron chi connectivity index (χ1n) is 8.36. The maximum atomic E-state index is 12.4. The lowest BCUT2D eigenvalue weighted by Gasteiger charge is -2.05. The molecule has 8 nitrogen and oxygen atoms in total. The number of rotatable bonds is 6. The number of hydrogen-bond donors (Lipinski definition) is 0. The molecular weight excluding hydrogens is 368 g/mol. The quantitative estimate of drug-likeness (QED) is 0.468. The van der Waals surface area contributed by atoms with Gasteiger partial charge in [0.2, 0.25) is 0 Å². The van der Waals surface area contributed by atoms with E-state index in [2.05, 4.69) is 4.98 Å². The Kier molecular flexibility index (Phi) is 5.22. The number of thioether (sulfide) groups is 1. The summed E-state index contributed by atoms with van der Waals surface area (Å²) < 4.78 is 9.36.